The van der Waals surface area contributed by atoms with Crippen molar-refractivity contribution in [3.8, 4) is 5.75 Å². The minimum atomic E-state index is -0.0613. The average molecular weight is 275 g/mol. The second-order valence-electron chi connectivity index (χ2n) is 4.86. The van der Waals surface area contributed by atoms with Gasteiger partial charge in [-0.25, -0.2) is 0 Å². The quantitative estimate of drug-likeness (QED) is 0.865. The van der Waals surface area contributed by atoms with Gasteiger partial charge in [0.15, 0.2) is 0 Å². The molecule has 19 heavy (non-hydrogen) atoms. The van der Waals surface area contributed by atoms with Crippen molar-refractivity contribution in [3.05, 3.63) is 58.4 Å². The summed E-state index contributed by atoms with van der Waals surface area (Å²) in [6, 6.07) is 9.55. The number of benzene rings is 1. The number of ether oxygens (including phenoxy) is 1. The molecule has 3 nitrogen and oxygen atoms in total. The second-order valence-corrected chi connectivity index (χ2v) is 5.30. The molecule has 0 amide bonds. The SMILES string of the molecule is Cc1ccc(C2C[C@@H](N)c3cc(Cl)ccc3O2)cn1. The smallest absolute Gasteiger partial charge is 0.127 e. The fourth-order valence-electron chi connectivity index (χ4n) is 2.35. The van der Waals surface area contributed by atoms with Crippen LogP contribution in [0.5, 0.6) is 5.75 Å². The fourth-order valence-corrected chi connectivity index (χ4v) is 2.53. The van der Waals surface area contributed by atoms with E-state index in [9.17, 15) is 0 Å². The van der Waals surface area contributed by atoms with Crippen LogP contribution in [0.1, 0.15) is 35.4 Å². The zero-order valence-electron chi connectivity index (χ0n) is 10.6. The molecule has 1 aliphatic rings. The molecule has 1 aliphatic heterocycles. The lowest BCUT2D eigenvalue weighted by molar-refractivity contribution is 0.161. The molecule has 0 saturated carbocycles. The largest absolute Gasteiger partial charge is 0.485 e. The van der Waals surface area contributed by atoms with E-state index in [-0.39, 0.29) is 12.1 Å². The summed E-state index contributed by atoms with van der Waals surface area (Å²) in [5.74, 6) is 0.814. The zero-order chi connectivity index (χ0) is 13.4. The number of rotatable bonds is 1. The number of aryl methyl sites for hydroxylation is 1. The molecule has 4 heteroatoms. The van der Waals surface area contributed by atoms with Crippen LogP contribution < -0.4 is 10.5 Å². The Hall–Kier alpha value is -1.58. The Bertz CT molecular complexity index is 598. The molecule has 2 aromatic rings. The zero-order valence-corrected chi connectivity index (χ0v) is 11.4. The second kappa shape index (κ2) is 4.83. The number of halogens is 1. The summed E-state index contributed by atoms with van der Waals surface area (Å²) in [5.41, 5.74) is 9.24. The van der Waals surface area contributed by atoms with Crippen LogP contribution in [0.4, 0.5) is 0 Å². The molecule has 1 unspecified atom stereocenters. The highest BCUT2D eigenvalue weighted by Crippen LogP contribution is 2.40. The van der Waals surface area contributed by atoms with Gasteiger partial charge in [0.25, 0.3) is 0 Å². The third-order valence-electron chi connectivity index (χ3n) is 3.41. The highest BCUT2D eigenvalue weighted by Gasteiger charge is 2.27. The van der Waals surface area contributed by atoms with Gasteiger partial charge in [-0.3, -0.25) is 4.98 Å². The number of nitrogens with zero attached hydrogens (tertiary/aromatic N) is 1. The van der Waals surface area contributed by atoms with Gasteiger partial charge in [0.1, 0.15) is 11.9 Å². The van der Waals surface area contributed by atoms with Gasteiger partial charge in [-0.15, -0.1) is 0 Å². The van der Waals surface area contributed by atoms with Crippen LogP contribution >= 0.6 is 11.6 Å². The normalized spacial score (nSPS) is 21.6. The maximum atomic E-state index is 6.21. The van der Waals surface area contributed by atoms with E-state index in [4.69, 9.17) is 22.1 Å². The van der Waals surface area contributed by atoms with E-state index in [1.54, 1.807) is 0 Å². The van der Waals surface area contributed by atoms with Crippen molar-refractivity contribution in [2.24, 2.45) is 5.73 Å². The Labute approximate surface area is 117 Å². The summed E-state index contributed by atoms with van der Waals surface area (Å²) in [6.45, 7) is 1.97. The summed E-state index contributed by atoms with van der Waals surface area (Å²) >= 11 is 5.99. The molecule has 0 aliphatic carbocycles. The van der Waals surface area contributed by atoms with Crippen LogP contribution in [0, 0.1) is 6.92 Å². The third-order valence-corrected chi connectivity index (χ3v) is 3.65. The van der Waals surface area contributed by atoms with E-state index >= 15 is 0 Å². The molecular formula is C15H15ClN2O. The Morgan fingerprint density at radius 2 is 2.16 bits per heavy atom. The summed E-state index contributed by atoms with van der Waals surface area (Å²) in [7, 11) is 0. The Kier molecular flexibility index (Phi) is 3.17. The Morgan fingerprint density at radius 3 is 2.89 bits per heavy atom. The third kappa shape index (κ3) is 2.44. The molecule has 2 atom stereocenters. The average Bonchev–Trinajstić information content (AvgIpc) is 2.40. The number of hydrogen-bond acceptors (Lipinski definition) is 3. The van der Waals surface area contributed by atoms with Crippen molar-refractivity contribution in [2.75, 3.05) is 0 Å². The number of pyridine rings is 1. The van der Waals surface area contributed by atoms with Crippen LogP contribution in [0.3, 0.4) is 0 Å². The van der Waals surface area contributed by atoms with Crippen LogP contribution in [0.2, 0.25) is 5.02 Å². The van der Waals surface area contributed by atoms with Crippen molar-refractivity contribution in [2.45, 2.75) is 25.5 Å². The van der Waals surface area contributed by atoms with E-state index in [0.29, 0.717) is 5.02 Å². The summed E-state index contributed by atoms with van der Waals surface area (Å²) in [5, 5.41) is 0.688. The molecule has 98 valence electrons. The van der Waals surface area contributed by atoms with Crippen LogP contribution in [0.25, 0.3) is 0 Å². The Balaban J connectivity index is 1.92. The van der Waals surface area contributed by atoms with E-state index in [2.05, 4.69) is 4.98 Å². The summed E-state index contributed by atoms with van der Waals surface area (Å²) in [4.78, 5) is 4.31. The maximum Gasteiger partial charge on any atom is 0.127 e. The molecule has 1 aromatic heterocycles. The highest BCUT2D eigenvalue weighted by molar-refractivity contribution is 6.30. The van der Waals surface area contributed by atoms with Gasteiger partial charge in [-0.1, -0.05) is 17.7 Å². The van der Waals surface area contributed by atoms with Gasteiger partial charge in [-0.05, 0) is 31.2 Å². The summed E-state index contributed by atoms with van der Waals surface area (Å²) in [6.07, 6.45) is 2.54. The number of aromatic nitrogens is 1. The molecule has 0 fully saturated rings. The number of nitrogens with two attached hydrogens (primary N) is 1. The lowest BCUT2D eigenvalue weighted by Crippen LogP contribution is -2.24. The maximum absolute atomic E-state index is 6.21. The first-order valence-electron chi connectivity index (χ1n) is 6.28. The van der Waals surface area contributed by atoms with Crippen molar-refractivity contribution < 1.29 is 4.74 Å². The van der Waals surface area contributed by atoms with Gasteiger partial charge in [0.2, 0.25) is 0 Å². The minimum absolute atomic E-state index is 0.0447. The summed E-state index contributed by atoms with van der Waals surface area (Å²) < 4.78 is 6.00. The van der Waals surface area contributed by atoms with Crippen molar-refractivity contribution >= 4 is 11.6 Å². The van der Waals surface area contributed by atoms with Crippen LogP contribution in [-0.4, -0.2) is 4.98 Å². The van der Waals surface area contributed by atoms with E-state index in [1.165, 1.54) is 0 Å². The monoisotopic (exact) mass is 274 g/mol. The molecule has 2 heterocycles. The molecule has 2 N–H and O–H groups in total. The van der Waals surface area contributed by atoms with Gasteiger partial charge >= 0.3 is 0 Å². The highest BCUT2D eigenvalue weighted by atomic mass is 35.5. The lowest BCUT2D eigenvalue weighted by atomic mass is 9.94. The van der Waals surface area contributed by atoms with Crippen LogP contribution in [0.15, 0.2) is 36.5 Å². The van der Waals surface area contributed by atoms with Crippen molar-refractivity contribution in [3.63, 3.8) is 0 Å². The molecule has 0 bridgehead atoms. The topological polar surface area (TPSA) is 48.1 Å². The molecular weight excluding hydrogens is 260 g/mol. The van der Waals surface area contributed by atoms with Gasteiger partial charge in [-0.2, -0.15) is 0 Å². The fraction of sp³-hybridized carbons (Fsp3) is 0.267. The molecule has 0 spiro atoms. The minimum Gasteiger partial charge on any atom is -0.485 e. The van der Waals surface area contributed by atoms with Gasteiger partial charge < -0.3 is 10.5 Å². The number of hydrogen-bond donors (Lipinski definition) is 1. The number of fused-ring (bicyclic) bond motifs is 1. The van der Waals surface area contributed by atoms with Crippen molar-refractivity contribution in [1.82, 2.24) is 4.98 Å². The molecule has 0 radical (unpaired) electrons. The predicted octanol–water partition coefficient (Wildman–Crippen LogP) is 3.57. The first kappa shape index (κ1) is 12.5. The van der Waals surface area contributed by atoms with Gasteiger partial charge in [0.05, 0.1) is 0 Å². The molecule has 3 rings (SSSR count). The van der Waals surface area contributed by atoms with Gasteiger partial charge in [0, 0.05) is 40.5 Å². The molecule has 1 aromatic carbocycles. The van der Waals surface area contributed by atoms with Crippen LogP contribution in [-0.2, 0) is 0 Å². The standard InChI is InChI=1S/C15H15ClN2O/c1-9-2-3-10(8-18-9)15-7-13(17)12-6-11(16)4-5-14(12)19-15/h2-6,8,13,15H,7,17H2,1H3/t13-,15?/m1/s1. The Morgan fingerprint density at radius 1 is 1.32 bits per heavy atom. The predicted molar refractivity (Wildman–Crippen MR) is 75.3 cm³/mol. The first-order chi connectivity index (χ1) is 9.13. The van der Waals surface area contributed by atoms with E-state index < -0.39 is 0 Å². The van der Waals surface area contributed by atoms with Crippen molar-refractivity contribution in [1.29, 1.82) is 0 Å². The lowest BCUT2D eigenvalue weighted by Gasteiger charge is -2.30. The molecule has 0 saturated heterocycles. The van der Waals surface area contributed by atoms with E-state index in [1.807, 2.05) is 43.5 Å². The van der Waals surface area contributed by atoms with E-state index in [0.717, 1.165) is 29.0 Å². The first-order valence-corrected chi connectivity index (χ1v) is 6.65.